The highest BCUT2D eigenvalue weighted by Crippen LogP contribution is 2.18. The highest BCUT2D eigenvalue weighted by Gasteiger charge is 2.17. The summed E-state index contributed by atoms with van der Waals surface area (Å²) >= 11 is 0. The summed E-state index contributed by atoms with van der Waals surface area (Å²) < 4.78 is 1.43. The number of nitrogens with one attached hydrogen (secondary N) is 1. The molecule has 1 amide bonds. The molecule has 1 aromatic heterocycles. The van der Waals surface area contributed by atoms with Crippen molar-refractivity contribution in [3.63, 3.8) is 0 Å². The lowest BCUT2D eigenvalue weighted by Crippen LogP contribution is -2.31. The van der Waals surface area contributed by atoms with Crippen LogP contribution in [0.15, 0.2) is 24.3 Å². The molecule has 0 aliphatic heterocycles. The standard InChI is InChI=1S/C14H17N3O3/c1-9(2)7-15-12(18)8-17-11-6-4-3-5-10(11)13(16-17)14(19)20/h3-6,9H,7-8H2,1-2H3,(H,15,18)(H,19,20). The first kappa shape index (κ1) is 14.0. The van der Waals surface area contributed by atoms with Crippen LogP contribution in [-0.4, -0.2) is 33.3 Å². The second kappa shape index (κ2) is 5.73. The summed E-state index contributed by atoms with van der Waals surface area (Å²) in [4.78, 5) is 23.0. The number of nitrogens with zero attached hydrogens (tertiary/aromatic N) is 2. The van der Waals surface area contributed by atoms with Gasteiger partial charge in [0.15, 0.2) is 5.69 Å². The van der Waals surface area contributed by atoms with Crippen molar-refractivity contribution < 1.29 is 14.7 Å². The molecule has 0 aliphatic carbocycles. The lowest BCUT2D eigenvalue weighted by atomic mass is 10.2. The molecule has 6 heteroatoms. The summed E-state index contributed by atoms with van der Waals surface area (Å²) in [5, 5.41) is 16.5. The zero-order chi connectivity index (χ0) is 14.7. The molecule has 20 heavy (non-hydrogen) atoms. The number of benzene rings is 1. The molecule has 6 nitrogen and oxygen atoms in total. The third-order valence-corrected chi connectivity index (χ3v) is 2.86. The minimum Gasteiger partial charge on any atom is -0.476 e. The van der Waals surface area contributed by atoms with Crippen molar-refractivity contribution in [1.82, 2.24) is 15.1 Å². The van der Waals surface area contributed by atoms with Gasteiger partial charge in [0.2, 0.25) is 5.91 Å². The fourth-order valence-corrected chi connectivity index (χ4v) is 1.92. The minimum absolute atomic E-state index is 0.0144. The first-order chi connectivity index (χ1) is 9.49. The molecule has 0 atom stereocenters. The summed E-state index contributed by atoms with van der Waals surface area (Å²) in [5.41, 5.74) is 0.613. The maximum atomic E-state index is 11.8. The highest BCUT2D eigenvalue weighted by molar-refractivity contribution is 6.01. The molecule has 0 aliphatic rings. The van der Waals surface area contributed by atoms with Gasteiger partial charge in [-0.3, -0.25) is 9.48 Å². The number of para-hydroxylation sites is 1. The molecule has 0 saturated carbocycles. The first-order valence-corrected chi connectivity index (χ1v) is 6.44. The monoisotopic (exact) mass is 275 g/mol. The third-order valence-electron chi connectivity index (χ3n) is 2.86. The first-order valence-electron chi connectivity index (χ1n) is 6.44. The number of fused-ring (bicyclic) bond motifs is 1. The molecule has 0 fully saturated rings. The van der Waals surface area contributed by atoms with Gasteiger partial charge in [-0.25, -0.2) is 4.79 Å². The van der Waals surface area contributed by atoms with E-state index >= 15 is 0 Å². The molecule has 106 valence electrons. The maximum absolute atomic E-state index is 11.8. The molecule has 1 heterocycles. The van der Waals surface area contributed by atoms with Crippen molar-refractivity contribution in [2.45, 2.75) is 20.4 Å². The lowest BCUT2D eigenvalue weighted by Gasteiger charge is -2.08. The van der Waals surface area contributed by atoms with Crippen molar-refractivity contribution in [2.24, 2.45) is 5.92 Å². The van der Waals surface area contributed by atoms with E-state index in [9.17, 15) is 9.59 Å². The largest absolute Gasteiger partial charge is 0.476 e. The van der Waals surface area contributed by atoms with E-state index < -0.39 is 5.97 Å². The molecular formula is C14H17N3O3. The molecule has 2 aromatic rings. The Balaban J connectivity index is 2.26. The number of carboxylic acid groups (broad SMARTS) is 1. The fourth-order valence-electron chi connectivity index (χ4n) is 1.92. The van der Waals surface area contributed by atoms with Gasteiger partial charge in [-0.05, 0) is 12.0 Å². The van der Waals surface area contributed by atoms with E-state index in [1.807, 2.05) is 13.8 Å². The fraction of sp³-hybridized carbons (Fsp3) is 0.357. The number of carbonyl (C=O) groups excluding carboxylic acids is 1. The summed E-state index contributed by atoms with van der Waals surface area (Å²) in [6, 6.07) is 6.98. The Morgan fingerprint density at radius 3 is 2.70 bits per heavy atom. The van der Waals surface area contributed by atoms with E-state index in [1.54, 1.807) is 24.3 Å². The second-order valence-corrected chi connectivity index (χ2v) is 5.03. The number of aromatic carboxylic acids is 1. The predicted molar refractivity (Wildman–Crippen MR) is 74.5 cm³/mol. The average molecular weight is 275 g/mol. The summed E-state index contributed by atoms with van der Waals surface area (Å²) in [5.74, 6) is -0.908. The molecule has 2 N–H and O–H groups in total. The van der Waals surface area contributed by atoms with E-state index in [0.29, 0.717) is 23.4 Å². The van der Waals surface area contributed by atoms with Gasteiger partial charge in [0.1, 0.15) is 6.54 Å². The van der Waals surface area contributed by atoms with Crippen molar-refractivity contribution in [3.05, 3.63) is 30.0 Å². The number of hydrogen-bond acceptors (Lipinski definition) is 3. The van der Waals surface area contributed by atoms with Gasteiger partial charge in [-0.1, -0.05) is 32.0 Å². The molecule has 1 aromatic carbocycles. The second-order valence-electron chi connectivity index (χ2n) is 5.03. The molecule has 2 rings (SSSR count). The Bertz CT molecular complexity index is 646. The molecule has 0 bridgehead atoms. The van der Waals surface area contributed by atoms with Crippen LogP contribution in [0.4, 0.5) is 0 Å². The summed E-state index contributed by atoms with van der Waals surface area (Å²) in [7, 11) is 0. The van der Waals surface area contributed by atoms with E-state index in [4.69, 9.17) is 5.11 Å². The number of aromatic nitrogens is 2. The van der Waals surface area contributed by atoms with Gasteiger partial charge in [0.05, 0.1) is 5.52 Å². The lowest BCUT2D eigenvalue weighted by molar-refractivity contribution is -0.121. The van der Waals surface area contributed by atoms with E-state index in [1.165, 1.54) is 4.68 Å². The van der Waals surface area contributed by atoms with Gasteiger partial charge < -0.3 is 10.4 Å². The quantitative estimate of drug-likeness (QED) is 0.866. The maximum Gasteiger partial charge on any atom is 0.357 e. The van der Waals surface area contributed by atoms with Gasteiger partial charge in [-0.15, -0.1) is 0 Å². The Morgan fingerprint density at radius 1 is 1.35 bits per heavy atom. The van der Waals surface area contributed by atoms with Crippen LogP contribution in [0.25, 0.3) is 10.9 Å². The van der Waals surface area contributed by atoms with Crippen LogP contribution in [0.5, 0.6) is 0 Å². The number of carboxylic acids is 1. The molecule has 0 radical (unpaired) electrons. The molecule has 0 saturated heterocycles. The van der Waals surface area contributed by atoms with Crippen LogP contribution in [0.1, 0.15) is 24.3 Å². The Morgan fingerprint density at radius 2 is 2.05 bits per heavy atom. The molecular weight excluding hydrogens is 258 g/mol. The van der Waals surface area contributed by atoms with Crippen LogP contribution < -0.4 is 5.32 Å². The zero-order valence-electron chi connectivity index (χ0n) is 11.5. The third kappa shape index (κ3) is 2.96. The Hall–Kier alpha value is -2.37. The Labute approximate surface area is 116 Å². The van der Waals surface area contributed by atoms with Crippen molar-refractivity contribution in [2.75, 3.05) is 6.54 Å². The van der Waals surface area contributed by atoms with E-state index in [0.717, 1.165) is 0 Å². The SMILES string of the molecule is CC(C)CNC(=O)Cn1nc(C(=O)O)c2ccccc21. The van der Waals surface area contributed by atoms with Gasteiger partial charge in [-0.2, -0.15) is 5.10 Å². The number of carbonyl (C=O) groups is 2. The van der Waals surface area contributed by atoms with Crippen LogP contribution >= 0.6 is 0 Å². The normalized spacial score (nSPS) is 10.9. The van der Waals surface area contributed by atoms with Crippen LogP contribution in [0.3, 0.4) is 0 Å². The Kier molecular flexibility index (Phi) is 4.02. The van der Waals surface area contributed by atoms with Gasteiger partial charge in [0.25, 0.3) is 0 Å². The summed E-state index contributed by atoms with van der Waals surface area (Å²) in [6.07, 6.45) is 0. The van der Waals surface area contributed by atoms with Gasteiger partial charge in [0, 0.05) is 11.9 Å². The topological polar surface area (TPSA) is 84.2 Å². The van der Waals surface area contributed by atoms with Gasteiger partial charge >= 0.3 is 5.97 Å². The summed E-state index contributed by atoms with van der Waals surface area (Å²) in [6.45, 7) is 4.61. The van der Waals surface area contributed by atoms with E-state index in [2.05, 4.69) is 10.4 Å². The van der Waals surface area contributed by atoms with Crippen LogP contribution in [0, 0.1) is 5.92 Å². The smallest absolute Gasteiger partial charge is 0.357 e. The number of rotatable bonds is 5. The van der Waals surface area contributed by atoms with Crippen LogP contribution in [0.2, 0.25) is 0 Å². The van der Waals surface area contributed by atoms with Crippen molar-refractivity contribution in [1.29, 1.82) is 0 Å². The van der Waals surface area contributed by atoms with Crippen LogP contribution in [-0.2, 0) is 11.3 Å². The van der Waals surface area contributed by atoms with Crippen molar-refractivity contribution >= 4 is 22.8 Å². The zero-order valence-corrected chi connectivity index (χ0v) is 11.5. The van der Waals surface area contributed by atoms with E-state index in [-0.39, 0.29) is 18.1 Å². The molecule has 0 unspecified atom stereocenters. The number of hydrogen-bond donors (Lipinski definition) is 2. The minimum atomic E-state index is -1.09. The molecule has 0 spiro atoms. The predicted octanol–water partition coefficient (Wildman–Crippen LogP) is 1.51. The highest BCUT2D eigenvalue weighted by atomic mass is 16.4. The average Bonchev–Trinajstić information content (AvgIpc) is 2.76. The van der Waals surface area contributed by atoms with Crippen molar-refractivity contribution in [3.8, 4) is 0 Å². The number of amides is 1.